The van der Waals surface area contributed by atoms with Crippen LogP contribution in [0.25, 0.3) is 0 Å². The van der Waals surface area contributed by atoms with Crippen LogP contribution in [0.15, 0.2) is 35.7 Å². The first-order chi connectivity index (χ1) is 10.5. The topological polar surface area (TPSA) is 50.3 Å². The smallest absolute Gasteiger partial charge is 0.218 e. The molecule has 2 aromatic rings. The molecule has 22 heavy (non-hydrogen) atoms. The minimum absolute atomic E-state index is 0.0921. The number of aromatic nitrogens is 1. The van der Waals surface area contributed by atoms with E-state index in [2.05, 4.69) is 10.4 Å². The summed E-state index contributed by atoms with van der Waals surface area (Å²) in [7, 11) is -3.22. The highest BCUT2D eigenvalue weighted by Crippen LogP contribution is 2.31. The Morgan fingerprint density at radius 2 is 1.91 bits per heavy atom. The van der Waals surface area contributed by atoms with E-state index >= 15 is 0 Å². The van der Waals surface area contributed by atoms with Gasteiger partial charge < -0.3 is 0 Å². The second-order valence-corrected chi connectivity index (χ2v) is 8.60. The number of piperidine rings is 1. The van der Waals surface area contributed by atoms with Crippen molar-refractivity contribution in [3.63, 3.8) is 0 Å². The van der Waals surface area contributed by atoms with Crippen LogP contribution in [0, 0.1) is 6.92 Å². The lowest BCUT2D eigenvalue weighted by Gasteiger charge is -2.30. The van der Waals surface area contributed by atoms with Crippen molar-refractivity contribution in [2.45, 2.75) is 31.4 Å². The maximum atomic E-state index is 12.5. The predicted octanol–water partition coefficient (Wildman–Crippen LogP) is 3.16. The van der Waals surface area contributed by atoms with Crippen LogP contribution in [0.2, 0.25) is 0 Å². The van der Waals surface area contributed by atoms with Gasteiger partial charge in [0.1, 0.15) is 0 Å². The summed E-state index contributed by atoms with van der Waals surface area (Å²) in [6, 6.07) is 9.38. The number of thiazole rings is 1. The first kappa shape index (κ1) is 15.6. The first-order valence-corrected chi connectivity index (χ1v) is 9.97. The third-order valence-corrected chi connectivity index (χ3v) is 7.00. The molecule has 0 radical (unpaired) electrons. The highest BCUT2D eigenvalue weighted by atomic mass is 32.2. The molecule has 0 atom stereocenters. The third-order valence-electron chi connectivity index (χ3n) is 4.03. The summed E-state index contributed by atoms with van der Waals surface area (Å²) in [6.45, 7) is 3.19. The van der Waals surface area contributed by atoms with E-state index in [9.17, 15) is 8.42 Å². The number of hydrogen-bond donors (Lipinski definition) is 0. The minimum atomic E-state index is -3.22. The molecule has 0 amide bonds. The molecule has 3 rings (SSSR count). The van der Waals surface area contributed by atoms with Gasteiger partial charge in [-0.3, -0.25) is 0 Å². The summed E-state index contributed by atoms with van der Waals surface area (Å²) in [5.41, 5.74) is 1.90. The van der Waals surface area contributed by atoms with E-state index < -0.39 is 10.0 Å². The lowest BCUT2D eigenvalue weighted by atomic mass is 9.99. The molecule has 1 aliphatic rings. The summed E-state index contributed by atoms with van der Waals surface area (Å²) < 4.78 is 26.7. The van der Waals surface area contributed by atoms with Crippen LogP contribution in [-0.2, 0) is 15.8 Å². The van der Waals surface area contributed by atoms with Gasteiger partial charge in [-0.05, 0) is 25.3 Å². The maximum absolute atomic E-state index is 12.5. The predicted molar refractivity (Wildman–Crippen MR) is 89.5 cm³/mol. The zero-order valence-electron chi connectivity index (χ0n) is 12.6. The van der Waals surface area contributed by atoms with Gasteiger partial charge in [0.05, 0.1) is 10.8 Å². The summed E-state index contributed by atoms with van der Waals surface area (Å²) in [5, 5.41) is 3.21. The summed E-state index contributed by atoms with van der Waals surface area (Å²) in [5.74, 6) is 0.497. The summed E-state index contributed by atoms with van der Waals surface area (Å²) in [4.78, 5) is 4.54. The molecular formula is C16H20N2O2S2. The van der Waals surface area contributed by atoms with Gasteiger partial charge in [0.25, 0.3) is 0 Å². The van der Waals surface area contributed by atoms with Gasteiger partial charge in [0.2, 0.25) is 10.0 Å². The fourth-order valence-corrected chi connectivity index (χ4v) is 5.35. The first-order valence-electron chi connectivity index (χ1n) is 7.48. The van der Waals surface area contributed by atoms with Gasteiger partial charge >= 0.3 is 0 Å². The monoisotopic (exact) mass is 336 g/mol. The van der Waals surface area contributed by atoms with Crippen molar-refractivity contribution in [1.82, 2.24) is 9.29 Å². The normalized spacial score (nSPS) is 17.7. The number of benzene rings is 1. The maximum Gasteiger partial charge on any atom is 0.218 e. The molecule has 118 valence electrons. The van der Waals surface area contributed by atoms with Crippen molar-refractivity contribution in [2.24, 2.45) is 0 Å². The highest BCUT2D eigenvalue weighted by Gasteiger charge is 2.29. The largest absolute Gasteiger partial charge is 0.246 e. The third kappa shape index (κ3) is 3.56. The molecule has 1 aromatic heterocycles. The van der Waals surface area contributed by atoms with E-state index in [0.717, 1.165) is 29.1 Å². The average Bonchev–Trinajstić information content (AvgIpc) is 2.95. The molecule has 6 heteroatoms. The molecule has 0 unspecified atom stereocenters. The SMILES string of the molecule is Cc1csc(C2CCN(S(=O)(=O)Cc3ccccc3)CC2)n1. The molecule has 1 saturated heterocycles. The van der Waals surface area contributed by atoms with Crippen molar-refractivity contribution in [3.8, 4) is 0 Å². The van der Waals surface area contributed by atoms with Crippen LogP contribution in [0.3, 0.4) is 0 Å². The number of rotatable bonds is 4. The molecule has 0 saturated carbocycles. The summed E-state index contributed by atoms with van der Waals surface area (Å²) in [6.07, 6.45) is 1.72. The molecule has 0 aliphatic carbocycles. The molecule has 0 spiro atoms. The van der Waals surface area contributed by atoms with Crippen LogP contribution in [-0.4, -0.2) is 30.8 Å². The van der Waals surface area contributed by atoms with Gasteiger partial charge in [-0.25, -0.2) is 17.7 Å². The van der Waals surface area contributed by atoms with Crippen LogP contribution >= 0.6 is 11.3 Å². The van der Waals surface area contributed by atoms with E-state index in [4.69, 9.17) is 0 Å². The lowest BCUT2D eigenvalue weighted by molar-refractivity contribution is 0.318. The van der Waals surface area contributed by atoms with E-state index in [0.29, 0.717) is 19.0 Å². The Kier molecular flexibility index (Phi) is 4.61. The molecule has 2 heterocycles. The second kappa shape index (κ2) is 6.48. The van der Waals surface area contributed by atoms with Crippen LogP contribution < -0.4 is 0 Å². The van der Waals surface area contributed by atoms with Crippen molar-refractivity contribution in [1.29, 1.82) is 0 Å². The number of hydrogen-bond acceptors (Lipinski definition) is 4. The molecule has 1 fully saturated rings. The molecular weight excluding hydrogens is 316 g/mol. The van der Waals surface area contributed by atoms with Gasteiger partial charge in [-0.15, -0.1) is 11.3 Å². The van der Waals surface area contributed by atoms with E-state index in [-0.39, 0.29) is 5.75 Å². The van der Waals surface area contributed by atoms with Crippen molar-refractivity contribution in [2.75, 3.05) is 13.1 Å². The molecule has 1 aliphatic heterocycles. The number of aryl methyl sites for hydroxylation is 1. The Hall–Kier alpha value is -1.24. The summed E-state index contributed by atoms with van der Waals surface area (Å²) >= 11 is 1.69. The number of sulfonamides is 1. The van der Waals surface area contributed by atoms with Crippen molar-refractivity contribution < 1.29 is 8.42 Å². The fraction of sp³-hybridized carbons (Fsp3) is 0.438. The molecule has 0 bridgehead atoms. The second-order valence-electron chi connectivity index (χ2n) is 5.74. The van der Waals surface area contributed by atoms with Gasteiger partial charge in [-0.2, -0.15) is 0 Å². The zero-order chi connectivity index (χ0) is 15.6. The Morgan fingerprint density at radius 3 is 2.50 bits per heavy atom. The van der Waals surface area contributed by atoms with Gasteiger partial charge in [-0.1, -0.05) is 30.3 Å². The van der Waals surface area contributed by atoms with Gasteiger partial charge in [0.15, 0.2) is 0 Å². The molecule has 1 aromatic carbocycles. The fourth-order valence-electron chi connectivity index (χ4n) is 2.82. The molecule has 0 N–H and O–H groups in total. The zero-order valence-corrected chi connectivity index (χ0v) is 14.2. The molecule has 4 nitrogen and oxygen atoms in total. The van der Waals surface area contributed by atoms with Crippen molar-refractivity contribution >= 4 is 21.4 Å². The van der Waals surface area contributed by atoms with E-state index in [1.165, 1.54) is 0 Å². The highest BCUT2D eigenvalue weighted by molar-refractivity contribution is 7.88. The Labute approximate surface area is 135 Å². The van der Waals surface area contributed by atoms with Crippen LogP contribution in [0.1, 0.15) is 35.0 Å². The number of nitrogens with zero attached hydrogens (tertiary/aromatic N) is 2. The lowest BCUT2D eigenvalue weighted by Crippen LogP contribution is -2.38. The van der Waals surface area contributed by atoms with E-state index in [1.807, 2.05) is 37.3 Å². The average molecular weight is 336 g/mol. The Balaban J connectivity index is 1.63. The van der Waals surface area contributed by atoms with Crippen LogP contribution in [0.5, 0.6) is 0 Å². The van der Waals surface area contributed by atoms with Crippen molar-refractivity contribution in [3.05, 3.63) is 52.0 Å². The Morgan fingerprint density at radius 1 is 1.23 bits per heavy atom. The van der Waals surface area contributed by atoms with Crippen LogP contribution in [0.4, 0.5) is 0 Å². The van der Waals surface area contributed by atoms with E-state index in [1.54, 1.807) is 15.6 Å². The van der Waals surface area contributed by atoms with Gasteiger partial charge in [0, 0.05) is 30.1 Å². The quantitative estimate of drug-likeness (QED) is 0.862. The minimum Gasteiger partial charge on any atom is -0.246 e. The standard InChI is InChI=1S/C16H20N2O2S2/c1-13-11-21-16(17-13)15-7-9-18(10-8-15)22(19,20)12-14-5-3-2-4-6-14/h2-6,11,15H,7-10,12H2,1H3. The Bertz CT molecular complexity index is 718.